The Bertz CT molecular complexity index is 398. The Morgan fingerprint density at radius 1 is 1.22 bits per heavy atom. The van der Waals surface area contributed by atoms with Gasteiger partial charge in [0.15, 0.2) is 0 Å². The number of hydrogen-bond donors (Lipinski definition) is 1. The van der Waals surface area contributed by atoms with Gasteiger partial charge in [-0.05, 0) is 63.3 Å². The number of nitrogens with two attached hydrogens (primary N) is 1. The molecule has 2 nitrogen and oxygen atoms in total. The van der Waals surface area contributed by atoms with Crippen molar-refractivity contribution in [2.45, 2.75) is 46.2 Å². The van der Waals surface area contributed by atoms with Crippen molar-refractivity contribution in [2.24, 2.45) is 11.7 Å². The zero-order valence-corrected chi connectivity index (χ0v) is 12.2. The van der Waals surface area contributed by atoms with Crippen LogP contribution in [0, 0.1) is 26.7 Å². The normalized spacial score (nSPS) is 17.2. The summed E-state index contributed by atoms with van der Waals surface area (Å²) in [6.45, 7) is 8.41. The summed E-state index contributed by atoms with van der Waals surface area (Å²) in [6, 6.07) is 5.13. The van der Waals surface area contributed by atoms with E-state index in [1.54, 1.807) is 0 Å². The summed E-state index contributed by atoms with van der Waals surface area (Å²) in [7, 11) is 2.22. The van der Waals surface area contributed by atoms with Crippen molar-refractivity contribution in [1.82, 2.24) is 4.90 Å². The summed E-state index contributed by atoms with van der Waals surface area (Å²) in [5.41, 5.74) is 11.6. The minimum Gasteiger partial charge on any atom is -0.329 e. The standard InChI is InChI=1S/C16H26N2/c1-11-7-12(2)15(13(3)8-11)10-18(4)16(9-17)14-5-6-14/h7-8,14,16H,5-6,9-10,17H2,1-4H3. The Kier molecular flexibility index (Phi) is 4.08. The van der Waals surface area contributed by atoms with Crippen LogP contribution in [0.2, 0.25) is 0 Å². The van der Waals surface area contributed by atoms with Crippen LogP contribution in [-0.2, 0) is 6.54 Å². The van der Waals surface area contributed by atoms with Crippen molar-refractivity contribution in [3.05, 3.63) is 34.4 Å². The first kappa shape index (κ1) is 13.6. The molecule has 1 aliphatic rings. The van der Waals surface area contributed by atoms with Gasteiger partial charge in [0, 0.05) is 19.1 Å². The molecule has 18 heavy (non-hydrogen) atoms. The second-order valence-corrected chi connectivity index (χ2v) is 5.93. The first-order valence-electron chi connectivity index (χ1n) is 7.00. The molecule has 1 unspecified atom stereocenters. The van der Waals surface area contributed by atoms with E-state index < -0.39 is 0 Å². The molecule has 2 heteroatoms. The molecule has 0 aliphatic heterocycles. The summed E-state index contributed by atoms with van der Waals surface area (Å²) in [4.78, 5) is 2.45. The lowest BCUT2D eigenvalue weighted by Crippen LogP contribution is -2.39. The molecule has 1 aliphatic carbocycles. The van der Waals surface area contributed by atoms with E-state index in [-0.39, 0.29) is 0 Å². The van der Waals surface area contributed by atoms with E-state index in [0.29, 0.717) is 6.04 Å². The Labute approximate surface area is 111 Å². The van der Waals surface area contributed by atoms with Gasteiger partial charge in [-0.3, -0.25) is 4.90 Å². The summed E-state index contributed by atoms with van der Waals surface area (Å²) in [6.07, 6.45) is 2.72. The van der Waals surface area contributed by atoms with Crippen molar-refractivity contribution in [1.29, 1.82) is 0 Å². The summed E-state index contributed by atoms with van der Waals surface area (Å²) >= 11 is 0. The van der Waals surface area contributed by atoms with Gasteiger partial charge >= 0.3 is 0 Å². The number of aryl methyl sites for hydroxylation is 3. The van der Waals surface area contributed by atoms with E-state index in [4.69, 9.17) is 5.73 Å². The Balaban J connectivity index is 2.13. The average Bonchev–Trinajstić information content (AvgIpc) is 3.08. The van der Waals surface area contributed by atoms with Crippen LogP contribution in [0.5, 0.6) is 0 Å². The highest BCUT2D eigenvalue weighted by Crippen LogP contribution is 2.35. The molecule has 0 spiro atoms. The van der Waals surface area contributed by atoms with Gasteiger partial charge in [-0.2, -0.15) is 0 Å². The second kappa shape index (κ2) is 5.41. The lowest BCUT2D eigenvalue weighted by atomic mass is 9.98. The summed E-state index contributed by atoms with van der Waals surface area (Å²) in [5.74, 6) is 0.839. The maximum absolute atomic E-state index is 5.93. The first-order chi connectivity index (χ1) is 8.52. The van der Waals surface area contributed by atoms with Crippen molar-refractivity contribution in [3.8, 4) is 0 Å². The summed E-state index contributed by atoms with van der Waals surface area (Å²) in [5, 5.41) is 0. The SMILES string of the molecule is Cc1cc(C)c(CN(C)C(CN)C2CC2)c(C)c1. The molecule has 0 aromatic heterocycles. The monoisotopic (exact) mass is 246 g/mol. The van der Waals surface area contributed by atoms with Crippen molar-refractivity contribution >= 4 is 0 Å². The molecule has 0 heterocycles. The number of benzene rings is 1. The third-order valence-electron chi connectivity index (χ3n) is 4.22. The Hall–Kier alpha value is -0.860. The molecular formula is C16H26N2. The van der Waals surface area contributed by atoms with Gasteiger partial charge in [-0.1, -0.05) is 17.7 Å². The fourth-order valence-electron chi connectivity index (χ4n) is 3.04. The van der Waals surface area contributed by atoms with Crippen molar-refractivity contribution < 1.29 is 0 Å². The Morgan fingerprint density at radius 3 is 2.22 bits per heavy atom. The highest BCUT2D eigenvalue weighted by atomic mass is 15.1. The van der Waals surface area contributed by atoms with Gasteiger partial charge in [0.05, 0.1) is 0 Å². The Morgan fingerprint density at radius 2 is 1.78 bits per heavy atom. The minimum absolute atomic E-state index is 0.560. The lowest BCUT2D eigenvalue weighted by Gasteiger charge is -2.28. The maximum atomic E-state index is 5.93. The van der Waals surface area contributed by atoms with E-state index in [9.17, 15) is 0 Å². The number of likely N-dealkylation sites (N-methyl/N-ethyl adjacent to an activating group) is 1. The van der Waals surface area contributed by atoms with Gasteiger partial charge in [0.25, 0.3) is 0 Å². The van der Waals surface area contributed by atoms with Gasteiger partial charge in [-0.15, -0.1) is 0 Å². The molecule has 1 aromatic rings. The molecule has 2 N–H and O–H groups in total. The second-order valence-electron chi connectivity index (χ2n) is 5.93. The molecule has 1 fully saturated rings. The topological polar surface area (TPSA) is 29.3 Å². The van der Waals surface area contributed by atoms with Gasteiger partial charge in [0.1, 0.15) is 0 Å². The molecule has 0 radical (unpaired) electrons. The van der Waals surface area contributed by atoms with Crippen LogP contribution < -0.4 is 5.73 Å². The predicted molar refractivity (Wildman–Crippen MR) is 77.7 cm³/mol. The smallest absolute Gasteiger partial charge is 0.0247 e. The fourth-order valence-corrected chi connectivity index (χ4v) is 3.04. The first-order valence-corrected chi connectivity index (χ1v) is 7.00. The van der Waals surface area contributed by atoms with E-state index in [0.717, 1.165) is 19.0 Å². The van der Waals surface area contributed by atoms with E-state index >= 15 is 0 Å². The fraction of sp³-hybridized carbons (Fsp3) is 0.625. The third kappa shape index (κ3) is 2.93. The van der Waals surface area contributed by atoms with Crippen LogP contribution in [0.3, 0.4) is 0 Å². The molecule has 1 aromatic carbocycles. The molecule has 100 valence electrons. The van der Waals surface area contributed by atoms with Crippen LogP contribution in [0.25, 0.3) is 0 Å². The predicted octanol–water partition coefficient (Wildman–Crippen LogP) is 2.78. The average molecular weight is 246 g/mol. The van der Waals surface area contributed by atoms with Crippen LogP contribution >= 0.6 is 0 Å². The number of nitrogens with zero attached hydrogens (tertiary/aromatic N) is 1. The molecule has 0 amide bonds. The van der Waals surface area contributed by atoms with Gasteiger partial charge in [0.2, 0.25) is 0 Å². The molecular weight excluding hydrogens is 220 g/mol. The van der Waals surface area contributed by atoms with Crippen molar-refractivity contribution in [3.63, 3.8) is 0 Å². The molecule has 1 atom stereocenters. The largest absolute Gasteiger partial charge is 0.329 e. The van der Waals surface area contributed by atoms with Gasteiger partial charge in [-0.25, -0.2) is 0 Å². The molecule has 0 bridgehead atoms. The quantitative estimate of drug-likeness (QED) is 0.865. The zero-order valence-electron chi connectivity index (χ0n) is 12.2. The molecule has 0 saturated heterocycles. The highest BCUT2D eigenvalue weighted by molar-refractivity contribution is 5.37. The summed E-state index contributed by atoms with van der Waals surface area (Å²) < 4.78 is 0. The molecule has 1 saturated carbocycles. The van der Waals surface area contributed by atoms with Crippen LogP contribution in [0.4, 0.5) is 0 Å². The van der Waals surface area contributed by atoms with E-state index in [1.807, 2.05) is 0 Å². The zero-order chi connectivity index (χ0) is 13.3. The highest BCUT2D eigenvalue weighted by Gasteiger charge is 2.32. The maximum Gasteiger partial charge on any atom is 0.0247 e. The van der Waals surface area contributed by atoms with E-state index in [1.165, 1.54) is 35.1 Å². The van der Waals surface area contributed by atoms with Crippen LogP contribution in [-0.4, -0.2) is 24.5 Å². The van der Waals surface area contributed by atoms with Gasteiger partial charge < -0.3 is 5.73 Å². The third-order valence-corrected chi connectivity index (χ3v) is 4.22. The molecule has 2 rings (SSSR count). The minimum atomic E-state index is 0.560. The number of rotatable bonds is 5. The van der Waals surface area contributed by atoms with E-state index in [2.05, 4.69) is 44.9 Å². The van der Waals surface area contributed by atoms with Crippen molar-refractivity contribution in [2.75, 3.05) is 13.6 Å². The lowest BCUT2D eigenvalue weighted by molar-refractivity contribution is 0.215. The van der Waals surface area contributed by atoms with Crippen LogP contribution in [0.15, 0.2) is 12.1 Å². The number of hydrogen-bond acceptors (Lipinski definition) is 2. The van der Waals surface area contributed by atoms with Crippen LogP contribution in [0.1, 0.15) is 35.1 Å².